The second-order valence-electron chi connectivity index (χ2n) is 9.69. The molecular weight excluding hydrogens is 464 g/mol. The molecule has 0 N–H and O–H groups in total. The van der Waals surface area contributed by atoms with Crippen LogP contribution in [0.1, 0.15) is 17.5 Å². The molecule has 0 saturated carbocycles. The maximum atomic E-state index is 2.45. The third-order valence-electron chi connectivity index (χ3n) is 6.87. The predicted octanol–water partition coefficient (Wildman–Crippen LogP) is 8.38. The highest BCUT2D eigenvalue weighted by Gasteiger charge is 2.09. The fraction of sp³-hybridized carbons (Fsp3) is 0.226. The van der Waals surface area contributed by atoms with Crippen LogP contribution in [0.15, 0.2) is 84.9 Å². The van der Waals surface area contributed by atoms with Crippen LogP contribution < -0.4 is 0 Å². The summed E-state index contributed by atoms with van der Waals surface area (Å²) in [7, 11) is 4.48. The largest absolute Gasteiger partial charge is 0.302 e. The third-order valence-corrected chi connectivity index (χ3v) is 9.17. The maximum absolute atomic E-state index is 2.45. The maximum Gasteiger partial charge on any atom is 0.0355 e. The topological polar surface area (TPSA) is 6.48 Å². The molecule has 0 aliphatic heterocycles. The molecule has 176 valence electrons. The second kappa shape index (κ2) is 9.71. The van der Waals surface area contributed by atoms with Gasteiger partial charge in [-0.1, -0.05) is 48.5 Å². The molecule has 2 heterocycles. The molecule has 4 heteroatoms. The van der Waals surface area contributed by atoms with Gasteiger partial charge in [0, 0.05) is 53.4 Å². The molecule has 0 unspecified atom stereocenters. The van der Waals surface area contributed by atoms with Crippen molar-refractivity contribution in [2.75, 3.05) is 27.2 Å². The summed E-state index contributed by atoms with van der Waals surface area (Å²) in [6, 6.07) is 31.5. The van der Waals surface area contributed by atoms with Gasteiger partial charge in [0.05, 0.1) is 0 Å². The summed E-state index contributed by atoms with van der Waals surface area (Å²) in [6.07, 6.45) is 1.17. The first-order valence-electron chi connectivity index (χ1n) is 12.3. The molecule has 35 heavy (non-hydrogen) atoms. The predicted molar refractivity (Wildman–Crippen MR) is 156 cm³/mol. The minimum Gasteiger partial charge on any atom is -0.302 e. The molecular formula is C31H30N2S2. The fourth-order valence-electron chi connectivity index (χ4n) is 5.14. The summed E-state index contributed by atoms with van der Waals surface area (Å²) < 4.78 is 5.52. The quantitative estimate of drug-likeness (QED) is 0.210. The van der Waals surface area contributed by atoms with E-state index in [-0.39, 0.29) is 0 Å². The van der Waals surface area contributed by atoms with Gasteiger partial charge in [-0.05, 0) is 81.1 Å². The molecule has 0 radical (unpaired) electrons. The molecule has 2 aromatic heterocycles. The Labute approximate surface area is 215 Å². The van der Waals surface area contributed by atoms with E-state index in [1.807, 2.05) is 22.7 Å². The van der Waals surface area contributed by atoms with E-state index in [0.29, 0.717) is 0 Å². The van der Waals surface area contributed by atoms with E-state index in [1.165, 1.54) is 57.9 Å². The lowest BCUT2D eigenvalue weighted by molar-refractivity contribution is 0.270. The number of nitrogens with zero attached hydrogens (tertiary/aromatic N) is 2. The summed E-state index contributed by atoms with van der Waals surface area (Å²) in [6.45, 7) is 4.18. The highest BCUT2D eigenvalue weighted by Crippen LogP contribution is 2.35. The van der Waals surface area contributed by atoms with Gasteiger partial charge in [-0.25, -0.2) is 0 Å². The summed E-state index contributed by atoms with van der Waals surface area (Å²) in [5.74, 6) is 0. The van der Waals surface area contributed by atoms with Gasteiger partial charge < -0.3 is 9.80 Å². The molecule has 0 bridgehead atoms. The van der Waals surface area contributed by atoms with Gasteiger partial charge in [-0.3, -0.25) is 0 Å². The van der Waals surface area contributed by atoms with Crippen LogP contribution >= 0.6 is 22.7 Å². The lowest BCUT2D eigenvalue weighted by Crippen LogP contribution is -2.25. The smallest absolute Gasteiger partial charge is 0.0355 e. The minimum atomic E-state index is 0.992. The summed E-state index contributed by atoms with van der Waals surface area (Å²) in [5.41, 5.74) is 2.79. The number of hydrogen-bond donors (Lipinski definition) is 0. The normalized spacial score (nSPS) is 12.2. The average molecular weight is 495 g/mol. The van der Waals surface area contributed by atoms with Crippen molar-refractivity contribution in [1.82, 2.24) is 9.80 Å². The number of hydrogen-bond acceptors (Lipinski definition) is 4. The van der Waals surface area contributed by atoms with Crippen LogP contribution in [0.3, 0.4) is 0 Å². The molecule has 0 saturated heterocycles. The molecule has 6 rings (SSSR count). The lowest BCUT2D eigenvalue weighted by atomic mass is 10.1. The fourth-order valence-corrected chi connectivity index (χ4v) is 7.31. The molecule has 2 nitrogen and oxygen atoms in total. The Morgan fingerprint density at radius 3 is 1.43 bits per heavy atom. The van der Waals surface area contributed by atoms with Crippen molar-refractivity contribution < 1.29 is 0 Å². The van der Waals surface area contributed by atoms with Crippen LogP contribution in [-0.2, 0) is 13.1 Å². The average Bonchev–Trinajstić information content (AvgIpc) is 3.42. The zero-order valence-electron chi connectivity index (χ0n) is 20.3. The Balaban J connectivity index is 1.05. The van der Waals surface area contributed by atoms with Crippen LogP contribution in [0.2, 0.25) is 0 Å². The van der Waals surface area contributed by atoms with Gasteiger partial charge >= 0.3 is 0 Å². The summed E-state index contributed by atoms with van der Waals surface area (Å²) >= 11 is 3.78. The second-order valence-corrected chi connectivity index (χ2v) is 11.9. The Bertz CT molecular complexity index is 1510. The van der Waals surface area contributed by atoms with Crippen LogP contribution in [0.4, 0.5) is 0 Å². The zero-order valence-corrected chi connectivity index (χ0v) is 22.0. The van der Waals surface area contributed by atoms with Crippen molar-refractivity contribution in [3.63, 3.8) is 0 Å². The van der Waals surface area contributed by atoms with Crippen LogP contribution in [0.5, 0.6) is 0 Å². The Kier molecular flexibility index (Phi) is 6.29. The van der Waals surface area contributed by atoms with E-state index >= 15 is 0 Å². The lowest BCUT2D eigenvalue weighted by Gasteiger charge is -2.20. The highest BCUT2D eigenvalue weighted by atomic mass is 32.1. The van der Waals surface area contributed by atoms with Crippen molar-refractivity contribution in [1.29, 1.82) is 0 Å². The minimum absolute atomic E-state index is 0.992. The van der Waals surface area contributed by atoms with E-state index in [9.17, 15) is 0 Å². The van der Waals surface area contributed by atoms with Crippen molar-refractivity contribution in [2.45, 2.75) is 19.5 Å². The van der Waals surface area contributed by atoms with Gasteiger partial charge in [0.2, 0.25) is 0 Å². The standard InChI is InChI=1S/C31H30N2S2/c1-32(20-22-12-14-30-26(18-22)24-8-3-5-10-28(24)34-30)16-7-17-33(2)21-23-13-15-31-27(19-23)25-9-4-6-11-29(25)35-31/h3-6,8-15,18-19H,7,16-17,20-21H2,1-2H3. The van der Waals surface area contributed by atoms with Crippen molar-refractivity contribution in [2.24, 2.45) is 0 Å². The summed E-state index contributed by atoms with van der Waals surface area (Å²) in [5, 5.41) is 5.55. The van der Waals surface area contributed by atoms with E-state index in [2.05, 4.69) is 109 Å². The molecule has 6 aromatic rings. The zero-order chi connectivity index (χ0) is 23.8. The first-order chi connectivity index (χ1) is 17.1. The third kappa shape index (κ3) is 4.72. The van der Waals surface area contributed by atoms with E-state index in [4.69, 9.17) is 0 Å². The van der Waals surface area contributed by atoms with Crippen molar-refractivity contribution in [3.05, 3.63) is 96.1 Å². The van der Waals surface area contributed by atoms with E-state index in [1.54, 1.807) is 0 Å². The number of fused-ring (bicyclic) bond motifs is 6. The first-order valence-corrected chi connectivity index (χ1v) is 13.9. The highest BCUT2D eigenvalue weighted by molar-refractivity contribution is 7.26. The van der Waals surface area contributed by atoms with Gasteiger partial charge in [0.25, 0.3) is 0 Å². The van der Waals surface area contributed by atoms with Gasteiger partial charge in [0.15, 0.2) is 0 Å². The van der Waals surface area contributed by atoms with Gasteiger partial charge in [-0.15, -0.1) is 22.7 Å². The number of thiophene rings is 2. The van der Waals surface area contributed by atoms with E-state index < -0.39 is 0 Å². The molecule has 0 spiro atoms. The number of rotatable bonds is 8. The van der Waals surface area contributed by atoms with Crippen molar-refractivity contribution >= 4 is 63.0 Å². The Morgan fingerprint density at radius 2 is 0.943 bits per heavy atom. The number of benzene rings is 4. The SMILES string of the molecule is CN(CCCN(C)Cc1ccc2sc3ccccc3c2c1)Cc1ccc2sc3ccccc3c2c1. The van der Waals surface area contributed by atoms with Gasteiger partial charge in [0.1, 0.15) is 0 Å². The summed E-state index contributed by atoms with van der Waals surface area (Å²) in [4.78, 5) is 4.90. The molecule has 0 fully saturated rings. The molecule has 0 aliphatic rings. The van der Waals surface area contributed by atoms with Crippen LogP contribution in [0.25, 0.3) is 40.3 Å². The van der Waals surface area contributed by atoms with Crippen LogP contribution in [0, 0.1) is 0 Å². The molecule has 0 amide bonds. The molecule has 0 atom stereocenters. The molecule has 0 aliphatic carbocycles. The monoisotopic (exact) mass is 494 g/mol. The van der Waals surface area contributed by atoms with Crippen molar-refractivity contribution in [3.8, 4) is 0 Å². The Hall–Kier alpha value is -2.76. The van der Waals surface area contributed by atoms with E-state index in [0.717, 1.165) is 26.2 Å². The first kappa shape index (κ1) is 22.7. The Morgan fingerprint density at radius 1 is 0.514 bits per heavy atom. The molecule has 4 aromatic carbocycles. The van der Waals surface area contributed by atoms with Gasteiger partial charge in [-0.2, -0.15) is 0 Å². The van der Waals surface area contributed by atoms with Crippen LogP contribution in [-0.4, -0.2) is 37.0 Å².